The molecule has 0 saturated heterocycles. The molecule has 1 heterocycles. The lowest BCUT2D eigenvalue weighted by Crippen LogP contribution is -1.98. The van der Waals surface area contributed by atoms with E-state index in [4.69, 9.17) is 4.74 Å². The highest BCUT2D eigenvalue weighted by atomic mass is 16.5. The third-order valence-electron chi connectivity index (χ3n) is 3.84. The number of benzene rings is 2. The van der Waals surface area contributed by atoms with Crippen molar-refractivity contribution < 1.29 is 4.74 Å². The van der Waals surface area contributed by atoms with Gasteiger partial charge in [0, 0.05) is 6.20 Å². The van der Waals surface area contributed by atoms with E-state index in [1.807, 2.05) is 36.0 Å². The van der Waals surface area contributed by atoms with Gasteiger partial charge in [0.15, 0.2) is 0 Å². The number of hydrogen-bond donors (Lipinski definition) is 0. The van der Waals surface area contributed by atoms with Gasteiger partial charge in [0.05, 0.1) is 18.0 Å². The molecule has 0 aliphatic rings. The van der Waals surface area contributed by atoms with Crippen LogP contribution in [0.25, 0.3) is 16.8 Å². The minimum Gasteiger partial charge on any atom is -0.494 e. The average molecular weight is 306 g/mol. The van der Waals surface area contributed by atoms with Gasteiger partial charge in [-0.1, -0.05) is 31.2 Å². The van der Waals surface area contributed by atoms with Crippen LogP contribution < -0.4 is 4.74 Å². The highest BCUT2D eigenvalue weighted by Crippen LogP contribution is 2.26. The van der Waals surface area contributed by atoms with Crippen LogP contribution in [0.5, 0.6) is 5.75 Å². The number of aryl methyl sites for hydroxylation is 2. The Morgan fingerprint density at radius 2 is 1.70 bits per heavy atom. The molecule has 3 heteroatoms. The number of rotatable bonds is 5. The van der Waals surface area contributed by atoms with Gasteiger partial charge in [-0.2, -0.15) is 5.10 Å². The van der Waals surface area contributed by atoms with Crippen molar-refractivity contribution in [2.75, 3.05) is 6.61 Å². The van der Waals surface area contributed by atoms with Crippen molar-refractivity contribution in [1.29, 1.82) is 0 Å². The normalized spacial score (nSPS) is 10.7. The topological polar surface area (TPSA) is 27.1 Å². The number of hydrogen-bond acceptors (Lipinski definition) is 2. The van der Waals surface area contributed by atoms with Gasteiger partial charge in [0.2, 0.25) is 0 Å². The van der Waals surface area contributed by atoms with E-state index in [2.05, 4.69) is 49.3 Å². The van der Waals surface area contributed by atoms with Crippen molar-refractivity contribution in [3.8, 4) is 22.6 Å². The summed E-state index contributed by atoms with van der Waals surface area (Å²) in [5.74, 6) is 0.922. The summed E-state index contributed by atoms with van der Waals surface area (Å²) in [5.41, 5.74) is 5.70. The summed E-state index contributed by atoms with van der Waals surface area (Å²) in [6.07, 6.45) is 3.02. The van der Waals surface area contributed by atoms with Crippen LogP contribution >= 0.6 is 0 Å². The van der Waals surface area contributed by atoms with Gasteiger partial charge in [-0.3, -0.25) is 0 Å². The van der Waals surface area contributed by atoms with Gasteiger partial charge in [-0.25, -0.2) is 4.68 Å². The van der Waals surface area contributed by atoms with Gasteiger partial charge in [0.25, 0.3) is 0 Å². The molecule has 0 spiro atoms. The van der Waals surface area contributed by atoms with Gasteiger partial charge in [-0.15, -0.1) is 0 Å². The van der Waals surface area contributed by atoms with Gasteiger partial charge in [-0.05, 0) is 61.2 Å². The van der Waals surface area contributed by atoms with Crippen LogP contribution in [-0.2, 0) is 0 Å². The zero-order valence-corrected chi connectivity index (χ0v) is 13.9. The molecule has 0 saturated carbocycles. The van der Waals surface area contributed by atoms with Crippen molar-refractivity contribution in [3.05, 3.63) is 66.0 Å². The molecule has 0 unspecified atom stereocenters. The fourth-order valence-corrected chi connectivity index (χ4v) is 2.55. The van der Waals surface area contributed by atoms with Gasteiger partial charge >= 0.3 is 0 Å². The predicted molar refractivity (Wildman–Crippen MR) is 94.3 cm³/mol. The largest absolute Gasteiger partial charge is 0.494 e. The van der Waals surface area contributed by atoms with Crippen LogP contribution in [0.1, 0.15) is 24.6 Å². The number of nitrogens with zero attached hydrogens (tertiary/aromatic N) is 2. The summed E-state index contributed by atoms with van der Waals surface area (Å²) in [7, 11) is 0. The molecule has 0 fully saturated rings. The standard InChI is InChI=1S/C20H22N2O/c1-4-13-23-19-9-7-17(8-10-19)18-6-5-15(2)20(14-18)22-12-11-16(3)21-22/h5-12,14H,4,13H2,1-3H3. The second-order valence-electron chi connectivity index (χ2n) is 5.78. The Hall–Kier alpha value is -2.55. The number of ether oxygens (including phenoxy) is 1. The maximum Gasteiger partial charge on any atom is 0.119 e. The van der Waals surface area contributed by atoms with Crippen LogP contribution in [0.2, 0.25) is 0 Å². The molecule has 0 bridgehead atoms. The molecular formula is C20H22N2O. The van der Waals surface area contributed by atoms with Crippen LogP contribution in [0.3, 0.4) is 0 Å². The lowest BCUT2D eigenvalue weighted by molar-refractivity contribution is 0.317. The summed E-state index contributed by atoms with van der Waals surface area (Å²) in [5, 5.41) is 4.52. The first-order valence-electron chi connectivity index (χ1n) is 8.04. The summed E-state index contributed by atoms with van der Waals surface area (Å²) < 4.78 is 7.58. The minimum absolute atomic E-state index is 0.757. The van der Waals surface area contributed by atoms with Crippen LogP contribution in [-0.4, -0.2) is 16.4 Å². The van der Waals surface area contributed by atoms with E-state index in [0.29, 0.717) is 0 Å². The van der Waals surface area contributed by atoms with E-state index in [0.717, 1.165) is 30.2 Å². The Labute approximate surface area is 137 Å². The fraction of sp³-hybridized carbons (Fsp3) is 0.250. The highest BCUT2D eigenvalue weighted by Gasteiger charge is 2.06. The zero-order chi connectivity index (χ0) is 16.2. The Bertz CT molecular complexity index is 788. The predicted octanol–water partition coefficient (Wildman–Crippen LogP) is 4.94. The lowest BCUT2D eigenvalue weighted by atomic mass is 10.0. The summed E-state index contributed by atoms with van der Waals surface area (Å²) in [4.78, 5) is 0. The van der Waals surface area contributed by atoms with E-state index in [-0.39, 0.29) is 0 Å². The molecule has 23 heavy (non-hydrogen) atoms. The molecule has 3 rings (SSSR count). The monoisotopic (exact) mass is 306 g/mol. The molecule has 0 radical (unpaired) electrons. The van der Waals surface area contributed by atoms with Crippen molar-refractivity contribution in [1.82, 2.24) is 9.78 Å². The Morgan fingerprint density at radius 1 is 0.957 bits per heavy atom. The summed E-state index contributed by atoms with van der Waals surface area (Å²) >= 11 is 0. The summed E-state index contributed by atoms with van der Waals surface area (Å²) in [6, 6.07) is 16.8. The molecule has 0 amide bonds. The smallest absolute Gasteiger partial charge is 0.119 e. The Balaban J connectivity index is 1.91. The summed E-state index contributed by atoms with van der Waals surface area (Å²) in [6.45, 7) is 6.98. The second-order valence-corrected chi connectivity index (χ2v) is 5.78. The van der Waals surface area contributed by atoms with E-state index in [1.54, 1.807) is 0 Å². The van der Waals surface area contributed by atoms with Crippen LogP contribution in [0, 0.1) is 13.8 Å². The molecule has 0 atom stereocenters. The molecule has 1 aromatic heterocycles. The van der Waals surface area contributed by atoms with Crippen molar-refractivity contribution in [3.63, 3.8) is 0 Å². The minimum atomic E-state index is 0.757. The third-order valence-corrected chi connectivity index (χ3v) is 3.84. The SMILES string of the molecule is CCCOc1ccc(-c2ccc(C)c(-n3ccc(C)n3)c2)cc1. The third kappa shape index (κ3) is 3.45. The van der Waals surface area contributed by atoms with E-state index < -0.39 is 0 Å². The van der Waals surface area contributed by atoms with Crippen LogP contribution in [0.4, 0.5) is 0 Å². The van der Waals surface area contributed by atoms with Crippen LogP contribution in [0.15, 0.2) is 54.7 Å². The van der Waals surface area contributed by atoms with Gasteiger partial charge in [0.1, 0.15) is 5.75 Å². The van der Waals surface area contributed by atoms with E-state index in [9.17, 15) is 0 Å². The Kier molecular flexibility index (Phi) is 4.47. The quantitative estimate of drug-likeness (QED) is 0.667. The first-order chi connectivity index (χ1) is 11.2. The van der Waals surface area contributed by atoms with Gasteiger partial charge < -0.3 is 4.74 Å². The molecule has 0 aliphatic carbocycles. The molecule has 0 aliphatic heterocycles. The lowest BCUT2D eigenvalue weighted by Gasteiger charge is -2.10. The Morgan fingerprint density at radius 3 is 2.35 bits per heavy atom. The van der Waals surface area contributed by atoms with Crippen molar-refractivity contribution >= 4 is 0 Å². The molecular weight excluding hydrogens is 284 g/mol. The fourth-order valence-electron chi connectivity index (χ4n) is 2.55. The van der Waals surface area contributed by atoms with E-state index in [1.165, 1.54) is 16.7 Å². The molecule has 3 nitrogen and oxygen atoms in total. The second kappa shape index (κ2) is 6.69. The molecule has 3 aromatic rings. The average Bonchev–Trinajstić information content (AvgIpc) is 3.00. The first-order valence-corrected chi connectivity index (χ1v) is 8.04. The number of aromatic nitrogens is 2. The maximum atomic E-state index is 5.65. The molecule has 0 N–H and O–H groups in total. The maximum absolute atomic E-state index is 5.65. The van der Waals surface area contributed by atoms with Crippen molar-refractivity contribution in [2.45, 2.75) is 27.2 Å². The first kappa shape index (κ1) is 15.3. The van der Waals surface area contributed by atoms with E-state index >= 15 is 0 Å². The van der Waals surface area contributed by atoms with Crippen molar-refractivity contribution in [2.24, 2.45) is 0 Å². The highest BCUT2D eigenvalue weighted by molar-refractivity contribution is 5.67. The zero-order valence-electron chi connectivity index (χ0n) is 13.9. The molecule has 2 aromatic carbocycles. The molecule has 118 valence electrons.